The van der Waals surface area contributed by atoms with Crippen LogP contribution in [-0.4, -0.2) is 19.9 Å². The molecular formula is C32H20I2N4. The third-order valence-electron chi connectivity index (χ3n) is 6.62. The molecular weight excluding hydrogens is 694 g/mol. The number of benzene rings is 2. The second-order valence-electron chi connectivity index (χ2n) is 9.22. The predicted molar refractivity (Wildman–Crippen MR) is 175 cm³/mol. The number of fused-ring (bicyclic) bond motifs is 8. The van der Waals surface area contributed by atoms with Gasteiger partial charge < -0.3 is 9.97 Å². The highest BCUT2D eigenvalue weighted by Gasteiger charge is 2.14. The molecule has 2 N–H and O–H groups in total. The maximum Gasteiger partial charge on any atom is 0.0737 e. The molecule has 6 heteroatoms. The summed E-state index contributed by atoms with van der Waals surface area (Å²) in [6.07, 6.45) is 8.31. The van der Waals surface area contributed by atoms with E-state index in [0.717, 1.165) is 67.1 Å². The highest BCUT2D eigenvalue weighted by atomic mass is 127. The second-order valence-corrected chi connectivity index (χ2v) is 11.7. The zero-order valence-electron chi connectivity index (χ0n) is 20.0. The van der Waals surface area contributed by atoms with Crippen LogP contribution in [0.5, 0.6) is 0 Å². The van der Waals surface area contributed by atoms with Crippen LogP contribution >= 0.6 is 45.2 Å². The van der Waals surface area contributed by atoms with Gasteiger partial charge in [0.25, 0.3) is 0 Å². The molecule has 0 aliphatic carbocycles. The highest BCUT2D eigenvalue weighted by Crippen LogP contribution is 2.33. The van der Waals surface area contributed by atoms with Crippen molar-refractivity contribution >= 4 is 91.6 Å². The maximum atomic E-state index is 5.02. The van der Waals surface area contributed by atoms with Crippen molar-refractivity contribution in [3.63, 3.8) is 0 Å². The Kier molecular flexibility index (Phi) is 6.01. The maximum absolute atomic E-state index is 5.02. The molecule has 0 radical (unpaired) electrons. The monoisotopic (exact) mass is 714 g/mol. The normalized spacial score (nSPS) is 12.3. The smallest absolute Gasteiger partial charge is 0.0737 e. The summed E-state index contributed by atoms with van der Waals surface area (Å²) in [6.45, 7) is 0. The third-order valence-corrected chi connectivity index (χ3v) is 7.97. The molecule has 4 nitrogen and oxygen atoms in total. The molecule has 0 saturated heterocycles. The van der Waals surface area contributed by atoms with Crippen molar-refractivity contribution in [2.45, 2.75) is 0 Å². The minimum Gasteiger partial charge on any atom is -0.355 e. The van der Waals surface area contributed by atoms with E-state index in [0.29, 0.717) is 0 Å². The minimum absolute atomic E-state index is 0.903. The third kappa shape index (κ3) is 4.52. The topological polar surface area (TPSA) is 57.4 Å². The Hall–Kier alpha value is -3.50. The quantitative estimate of drug-likeness (QED) is 0.176. The van der Waals surface area contributed by atoms with Gasteiger partial charge in [0, 0.05) is 40.3 Å². The summed E-state index contributed by atoms with van der Waals surface area (Å²) in [7, 11) is 0. The summed E-state index contributed by atoms with van der Waals surface area (Å²) in [5.74, 6) is 0. The van der Waals surface area contributed by atoms with Gasteiger partial charge in [0.15, 0.2) is 0 Å². The molecule has 0 unspecified atom stereocenters. The second kappa shape index (κ2) is 9.67. The van der Waals surface area contributed by atoms with Gasteiger partial charge in [-0.1, -0.05) is 24.3 Å². The van der Waals surface area contributed by atoms with Gasteiger partial charge in [-0.15, -0.1) is 0 Å². The zero-order chi connectivity index (χ0) is 25.6. The fourth-order valence-electron chi connectivity index (χ4n) is 4.97. The molecule has 38 heavy (non-hydrogen) atoms. The van der Waals surface area contributed by atoms with Crippen molar-refractivity contribution in [1.82, 2.24) is 19.9 Å². The molecule has 0 saturated carbocycles. The summed E-state index contributed by atoms with van der Waals surface area (Å²) in [4.78, 5) is 17.3. The lowest BCUT2D eigenvalue weighted by Gasteiger charge is -2.05. The summed E-state index contributed by atoms with van der Waals surface area (Å²) in [5.41, 5.74) is 12.1. The van der Waals surface area contributed by atoms with Gasteiger partial charge in [-0.2, -0.15) is 0 Å². The van der Waals surface area contributed by atoms with Crippen LogP contribution in [-0.2, 0) is 0 Å². The fourth-order valence-corrected chi connectivity index (χ4v) is 6.05. The van der Waals surface area contributed by atoms with E-state index in [-0.39, 0.29) is 0 Å². The van der Waals surface area contributed by atoms with E-state index in [1.54, 1.807) is 0 Å². The van der Waals surface area contributed by atoms with Gasteiger partial charge in [-0.3, -0.25) is 0 Å². The number of nitrogens with one attached hydrogen (secondary N) is 2. The lowest BCUT2D eigenvalue weighted by atomic mass is 10.0. The van der Waals surface area contributed by atoms with Crippen molar-refractivity contribution < 1.29 is 0 Å². The van der Waals surface area contributed by atoms with E-state index in [1.807, 2.05) is 0 Å². The molecule has 0 fully saturated rings. The van der Waals surface area contributed by atoms with Gasteiger partial charge in [-0.05, 0) is 141 Å². The number of halogens is 2. The Morgan fingerprint density at radius 2 is 1.00 bits per heavy atom. The Bertz CT molecular complexity index is 1870. The van der Waals surface area contributed by atoms with Gasteiger partial charge in [0.2, 0.25) is 0 Å². The van der Waals surface area contributed by atoms with E-state index < -0.39 is 0 Å². The molecule has 2 aliphatic rings. The first-order valence-corrected chi connectivity index (χ1v) is 14.4. The van der Waals surface area contributed by atoms with E-state index in [1.165, 1.54) is 7.14 Å². The van der Waals surface area contributed by atoms with E-state index in [4.69, 9.17) is 9.97 Å². The molecule has 5 aromatic rings. The number of nitrogens with zero attached hydrogens (tertiary/aromatic N) is 2. The lowest BCUT2D eigenvalue weighted by Crippen LogP contribution is -1.89. The molecule has 0 atom stereocenters. The zero-order valence-corrected chi connectivity index (χ0v) is 24.4. The average molecular weight is 714 g/mol. The molecule has 182 valence electrons. The van der Waals surface area contributed by atoms with Crippen molar-refractivity contribution in [2.75, 3.05) is 0 Å². The predicted octanol–water partition coefficient (Wildman–Crippen LogP) is 9.20. The molecule has 0 spiro atoms. The lowest BCUT2D eigenvalue weighted by molar-refractivity contribution is 1.27. The summed E-state index contributed by atoms with van der Waals surface area (Å²) in [5, 5.41) is 0. The molecule has 8 bridgehead atoms. The number of H-pyrrole nitrogens is 2. The van der Waals surface area contributed by atoms with Crippen molar-refractivity contribution in [2.24, 2.45) is 0 Å². The van der Waals surface area contributed by atoms with Gasteiger partial charge >= 0.3 is 0 Å². The number of aromatic amines is 2. The Morgan fingerprint density at radius 1 is 0.500 bits per heavy atom. The largest absolute Gasteiger partial charge is 0.355 e. The van der Waals surface area contributed by atoms with Crippen LogP contribution in [0.1, 0.15) is 22.8 Å². The number of aromatic nitrogens is 4. The van der Waals surface area contributed by atoms with Crippen LogP contribution in [0.2, 0.25) is 0 Å². The molecule has 7 rings (SSSR count). The summed E-state index contributed by atoms with van der Waals surface area (Å²) in [6, 6.07) is 29.8. The van der Waals surface area contributed by atoms with Crippen LogP contribution in [0, 0.1) is 7.14 Å². The van der Waals surface area contributed by atoms with Crippen molar-refractivity contribution in [3.05, 3.63) is 115 Å². The van der Waals surface area contributed by atoms with E-state index in [9.17, 15) is 0 Å². The van der Waals surface area contributed by atoms with Crippen LogP contribution < -0.4 is 0 Å². The van der Waals surface area contributed by atoms with Crippen LogP contribution in [0.25, 0.3) is 68.6 Å². The van der Waals surface area contributed by atoms with Crippen LogP contribution in [0.15, 0.2) is 84.9 Å². The first-order valence-electron chi connectivity index (χ1n) is 12.2. The molecule has 3 aromatic heterocycles. The average Bonchev–Trinajstić information content (AvgIpc) is 3.70. The van der Waals surface area contributed by atoms with Crippen LogP contribution in [0.3, 0.4) is 0 Å². The minimum atomic E-state index is 0.903. The molecule has 2 aliphatic heterocycles. The highest BCUT2D eigenvalue weighted by molar-refractivity contribution is 14.1. The first-order chi connectivity index (χ1) is 18.6. The van der Waals surface area contributed by atoms with Gasteiger partial charge in [0.1, 0.15) is 0 Å². The molecule has 2 aromatic carbocycles. The first kappa shape index (κ1) is 23.6. The number of rotatable bonds is 2. The van der Waals surface area contributed by atoms with Crippen molar-refractivity contribution in [3.8, 4) is 22.3 Å². The fraction of sp³-hybridized carbons (Fsp3) is 0. The summed E-state index contributed by atoms with van der Waals surface area (Å²) < 4.78 is 2.37. The Morgan fingerprint density at radius 3 is 1.50 bits per heavy atom. The Balaban J connectivity index is 1.57. The van der Waals surface area contributed by atoms with E-state index in [2.05, 4.69) is 164 Å². The van der Waals surface area contributed by atoms with Gasteiger partial charge in [0.05, 0.1) is 22.8 Å². The molecule has 5 heterocycles. The SMILES string of the molecule is Ic1cccc(-c2c3nc(cc4ccc([nH]4)c(-c4cccc(I)c4)c4ccc(cc5nc2C=C5)[nH]4)C=C3)c1. The standard InChI is InChI=1S/C32H20I2N4/c33-21-5-1-3-19(15-21)31-27-11-7-23(35-27)17-25-9-13-29(37-25)32(20-4-2-6-22(34)16-20)30-14-10-26(38-30)18-24-8-12-28(31)36-24/h1-18,35-36H. The van der Waals surface area contributed by atoms with Crippen LogP contribution in [0.4, 0.5) is 0 Å². The Labute approximate surface area is 246 Å². The molecule has 0 amide bonds. The number of hydrogen-bond acceptors (Lipinski definition) is 2. The van der Waals surface area contributed by atoms with Crippen molar-refractivity contribution in [1.29, 1.82) is 0 Å². The van der Waals surface area contributed by atoms with Gasteiger partial charge in [-0.25, -0.2) is 9.97 Å². The number of hydrogen-bond donors (Lipinski definition) is 2. The summed E-state index contributed by atoms with van der Waals surface area (Å²) >= 11 is 4.72. The van der Waals surface area contributed by atoms with E-state index >= 15 is 0 Å².